The fraction of sp³-hybridized carbons (Fsp3) is 0.250. The zero-order valence-electron chi connectivity index (χ0n) is 7.24. The second kappa shape index (κ2) is 2.85. The summed E-state index contributed by atoms with van der Waals surface area (Å²) in [5.41, 5.74) is 1.61. The number of aromatic nitrogens is 2. The Morgan fingerprint density at radius 3 is 2.85 bits per heavy atom. The summed E-state index contributed by atoms with van der Waals surface area (Å²) in [4.78, 5) is 17.0. The van der Waals surface area contributed by atoms with E-state index in [2.05, 4.69) is 17.6 Å². The number of nitrogens with zero attached hydrogens (tertiary/aromatic N) is 2. The lowest BCUT2D eigenvalue weighted by molar-refractivity contribution is 0.111. The molecule has 0 fully saturated rings. The van der Waals surface area contributed by atoms with Gasteiger partial charge in [-0.3, -0.25) is 9.20 Å². The van der Waals surface area contributed by atoms with Crippen molar-refractivity contribution in [2.24, 2.45) is 0 Å². The van der Waals surface area contributed by atoms with Crippen LogP contribution >= 0.6 is 24.0 Å². The van der Waals surface area contributed by atoms with Gasteiger partial charge in [0.25, 0.3) is 0 Å². The SMILES string of the molecule is Cc1sc2nc(S)c(C=O)n2c1C. The number of fused-ring (bicyclic) bond motifs is 1. The fourth-order valence-corrected chi connectivity index (χ4v) is 2.56. The van der Waals surface area contributed by atoms with E-state index in [1.54, 1.807) is 11.3 Å². The molecule has 5 heteroatoms. The van der Waals surface area contributed by atoms with Gasteiger partial charge in [-0.15, -0.1) is 24.0 Å². The highest BCUT2D eigenvalue weighted by atomic mass is 32.1. The molecule has 0 bridgehead atoms. The zero-order valence-corrected chi connectivity index (χ0v) is 8.95. The number of hydrogen-bond donors (Lipinski definition) is 1. The Kier molecular flexibility index (Phi) is 1.92. The summed E-state index contributed by atoms with van der Waals surface area (Å²) in [6.45, 7) is 3.99. The minimum atomic E-state index is 0.504. The van der Waals surface area contributed by atoms with E-state index >= 15 is 0 Å². The molecule has 68 valence electrons. The number of imidazole rings is 1. The van der Waals surface area contributed by atoms with Crippen molar-refractivity contribution in [2.45, 2.75) is 18.9 Å². The minimum Gasteiger partial charge on any atom is -0.296 e. The highest BCUT2D eigenvalue weighted by Crippen LogP contribution is 2.25. The van der Waals surface area contributed by atoms with Crippen LogP contribution in [0.5, 0.6) is 0 Å². The van der Waals surface area contributed by atoms with E-state index in [1.807, 2.05) is 18.2 Å². The normalized spacial score (nSPS) is 11.0. The van der Waals surface area contributed by atoms with Gasteiger partial charge in [-0.25, -0.2) is 4.98 Å². The topological polar surface area (TPSA) is 34.4 Å². The van der Waals surface area contributed by atoms with E-state index in [1.165, 1.54) is 4.88 Å². The van der Waals surface area contributed by atoms with Crippen LogP contribution in [0.1, 0.15) is 21.1 Å². The van der Waals surface area contributed by atoms with Gasteiger partial charge < -0.3 is 0 Å². The first-order valence-corrected chi connectivity index (χ1v) is 5.04. The Morgan fingerprint density at radius 1 is 1.54 bits per heavy atom. The number of carbonyl (C=O) groups excluding carboxylic acids is 1. The van der Waals surface area contributed by atoms with Gasteiger partial charge in [-0.2, -0.15) is 0 Å². The van der Waals surface area contributed by atoms with Crippen LogP contribution in [-0.4, -0.2) is 15.7 Å². The summed E-state index contributed by atoms with van der Waals surface area (Å²) in [6.07, 6.45) is 0.793. The number of thiazole rings is 1. The predicted molar refractivity (Wildman–Crippen MR) is 55.2 cm³/mol. The lowest BCUT2D eigenvalue weighted by atomic mass is 10.4. The number of hydrogen-bond acceptors (Lipinski definition) is 4. The van der Waals surface area contributed by atoms with Crippen molar-refractivity contribution < 1.29 is 4.79 Å². The molecular formula is C8H8N2OS2. The molecule has 0 N–H and O–H groups in total. The molecule has 2 rings (SSSR count). The first-order valence-electron chi connectivity index (χ1n) is 3.77. The summed E-state index contributed by atoms with van der Waals surface area (Å²) in [7, 11) is 0. The first kappa shape index (κ1) is 8.77. The van der Waals surface area contributed by atoms with E-state index in [0.717, 1.165) is 16.9 Å². The summed E-state index contributed by atoms with van der Waals surface area (Å²) in [5.74, 6) is 0. The van der Waals surface area contributed by atoms with Gasteiger partial charge >= 0.3 is 0 Å². The van der Waals surface area contributed by atoms with E-state index in [9.17, 15) is 4.79 Å². The Labute approximate surface area is 84.8 Å². The molecule has 0 radical (unpaired) electrons. The van der Waals surface area contributed by atoms with Crippen molar-refractivity contribution >= 4 is 35.2 Å². The van der Waals surface area contributed by atoms with Crippen molar-refractivity contribution in [3.63, 3.8) is 0 Å². The third kappa shape index (κ3) is 1.11. The average molecular weight is 212 g/mol. The standard InChI is InChI=1S/C8H8N2OS2/c1-4-5(2)13-8-9-7(12)6(3-11)10(4)8/h3,12H,1-2H3. The Bertz CT molecular complexity index is 484. The summed E-state index contributed by atoms with van der Waals surface area (Å²) < 4.78 is 1.84. The lowest BCUT2D eigenvalue weighted by Gasteiger charge is -1.93. The van der Waals surface area contributed by atoms with Gasteiger partial charge in [0.2, 0.25) is 0 Å². The van der Waals surface area contributed by atoms with Crippen LogP contribution in [0.25, 0.3) is 4.96 Å². The number of rotatable bonds is 1. The van der Waals surface area contributed by atoms with Crippen LogP contribution in [0.4, 0.5) is 0 Å². The summed E-state index contributed by atoms with van der Waals surface area (Å²) in [6, 6.07) is 0. The largest absolute Gasteiger partial charge is 0.296 e. The molecule has 13 heavy (non-hydrogen) atoms. The van der Waals surface area contributed by atoms with Crippen LogP contribution < -0.4 is 0 Å². The molecule has 2 aromatic rings. The van der Waals surface area contributed by atoms with Crippen molar-refractivity contribution in [3.05, 3.63) is 16.3 Å². The van der Waals surface area contributed by atoms with Crippen molar-refractivity contribution in [1.82, 2.24) is 9.38 Å². The van der Waals surface area contributed by atoms with E-state index in [-0.39, 0.29) is 0 Å². The summed E-state index contributed by atoms with van der Waals surface area (Å²) in [5, 5.41) is 0.504. The van der Waals surface area contributed by atoms with Gasteiger partial charge in [0.05, 0.1) is 0 Å². The third-order valence-corrected chi connectivity index (χ3v) is 3.45. The highest BCUT2D eigenvalue weighted by molar-refractivity contribution is 7.80. The van der Waals surface area contributed by atoms with Crippen molar-refractivity contribution in [1.29, 1.82) is 0 Å². The van der Waals surface area contributed by atoms with Gasteiger partial charge in [0, 0.05) is 10.6 Å². The molecule has 0 aliphatic rings. The van der Waals surface area contributed by atoms with Gasteiger partial charge in [-0.05, 0) is 13.8 Å². The van der Waals surface area contributed by atoms with E-state index in [4.69, 9.17) is 0 Å². The Hall–Kier alpha value is -0.810. The van der Waals surface area contributed by atoms with Crippen LogP contribution in [0.3, 0.4) is 0 Å². The maximum absolute atomic E-state index is 10.8. The molecule has 0 spiro atoms. The zero-order chi connectivity index (χ0) is 9.59. The minimum absolute atomic E-state index is 0.504. The molecule has 0 atom stereocenters. The predicted octanol–water partition coefficient (Wildman–Crippen LogP) is 2.11. The third-order valence-electron chi connectivity index (χ3n) is 2.06. The Morgan fingerprint density at radius 2 is 2.23 bits per heavy atom. The first-order chi connectivity index (χ1) is 6.15. The molecular weight excluding hydrogens is 204 g/mol. The fourth-order valence-electron chi connectivity index (χ4n) is 1.27. The molecule has 0 aliphatic carbocycles. The van der Waals surface area contributed by atoms with E-state index in [0.29, 0.717) is 10.7 Å². The second-order valence-electron chi connectivity index (χ2n) is 2.80. The van der Waals surface area contributed by atoms with Gasteiger partial charge in [0.1, 0.15) is 10.7 Å². The monoisotopic (exact) mass is 212 g/mol. The molecule has 0 unspecified atom stereocenters. The molecule has 0 aromatic carbocycles. The number of thiol groups is 1. The van der Waals surface area contributed by atoms with Crippen LogP contribution in [0.15, 0.2) is 5.03 Å². The second-order valence-corrected chi connectivity index (χ2v) is 4.41. The van der Waals surface area contributed by atoms with Crippen LogP contribution in [0.2, 0.25) is 0 Å². The van der Waals surface area contributed by atoms with Gasteiger partial charge in [0.15, 0.2) is 11.2 Å². The smallest absolute Gasteiger partial charge is 0.195 e. The summed E-state index contributed by atoms with van der Waals surface area (Å²) >= 11 is 5.70. The lowest BCUT2D eigenvalue weighted by Crippen LogP contribution is -1.92. The molecule has 2 heterocycles. The number of aryl methyl sites for hydroxylation is 2. The van der Waals surface area contributed by atoms with E-state index < -0.39 is 0 Å². The maximum Gasteiger partial charge on any atom is 0.195 e. The Balaban J connectivity index is 2.94. The van der Waals surface area contributed by atoms with Crippen LogP contribution in [0, 0.1) is 13.8 Å². The molecule has 2 aromatic heterocycles. The average Bonchev–Trinajstić information content (AvgIpc) is 2.51. The van der Waals surface area contributed by atoms with Crippen molar-refractivity contribution in [3.8, 4) is 0 Å². The quantitative estimate of drug-likeness (QED) is 0.580. The highest BCUT2D eigenvalue weighted by Gasteiger charge is 2.13. The molecule has 0 aliphatic heterocycles. The number of carbonyl (C=O) groups is 1. The number of aldehydes is 1. The molecule has 0 amide bonds. The molecule has 0 saturated heterocycles. The van der Waals surface area contributed by atoms with Crippen molar-refractivity contribution in [2.75, 3.05) is 0 Å². The van der Waals surface area contributed by atoms with Crippen LogP contribution in [-0.2, 0) is 0 Å². The molecule has 3 nitrogen and oxygen atoms in total. The maximum atomic E-state index is 10.8. The van der Waals surface area contributed by atoms with Gasteiger partial charge in [-0.1, -0.05) is 0 Å². The molecule has 0 saturated carbocycles.